The Morgan fingerprint density at radius 1 is 1.13 bits per heavy atom. The van der Waals surface area contributed by atoms with Gasteiger partial charge in [0.25, 0.3) is 5.91 Å². The van der Waals surface area contributed by atoms with Gasteiger partial charge in [-0.25, -0.2) is 0 Å². The molecule has 0 atom stereocenters. The number of nitrogens with zero attached hydrogens (tertiary/aromatic N) is 3. The molecule has 1 aliphatic heterocycles. The van der Waals surface area contributed by atoms with Crippen molar-refractivity contribution in [3.8, 4) is 5.75 Å². The van der Waals surface area contributed by atoms with Crippen molar-refractivity contribution in [3.63, 3.8) is 0 Å². The number of hydrogen-bond acceptors (Lipinski definition) is 6. The van der Waals surface area contributed by atoms with Crippen LogP contribution in [0.2, 0.25) is 0 Å². The van der Waals surface area contributed by atoms with Crippen LogP contribution in [0.25, 0.3) is 0 Å². The van der Waals surface area contributed by atoms with Crippen LogP contribution in [-0.2, 0) is 4.74 Å². The molecule has 1 saturated heterocycles. The SMILES string of the molecule is COc1ccc(Nc2ccc(C(=O)N3CCOCC3)nn2)cc1. The fraction of sp³-hybridized carbons (Fsp3) is 0.312. The van der Waals surface area contributed by atoms with Gasteiger partial charge in [-0.1, -0.05) is 0 Å². The maximum absolute atomic E-state index is 12.3. The molecule has 0 saturated carbocycles. The molecule has 7 nitrogen and oxygen atoms in total. The molecule has 2 heterocycles. The summed E-state index contributed by atoms with van der Waals surface area (Å²) in [5.74, 6) is 1.25. The second-order valence-electron chi connectivity index (χ2n) is 5.06. The lowest BCUT2D eigenvalue weighted by Gasteiger charge is -2.26. The van der Waals surface area contributed by atoms with Gasteiger partial charge >= 0.3 is 0 Å². The highest BCUT2D eigenvalue weighted by Crippen LogP contribution is 2.18. The van der Waals surface area contributed by atoms with Gasteiger partial charge in [0.05, 0.1) is 20.3 Å². The number of aromatic nitrogens is 2. The van der Waals surface area contributed by atoms with E-state index >= 15 is 0 Å². The third kappa shape index (κ3) is 3.75. The first kappa shape index (κ1) is 15.2. The van der Waals surface area contributed by atoms with Crippen LogP contribution in [0.3, 0.4) is 0 Å². The second kappa shape index (κ2) is 7.06. The lowest BCUT2D eigenvalue weighted by Crippen LogP contribution is -2.41. The quantitative estimate of drug-likeness (QED) is 0.925. The average Bonchev–Trinajstić information content (AvgIpc) is 2.63. The Labute approximate surface area is 134 Å². The smallest absolute Gasteiger partial charge is 0.274 e. The van der Waals surface area contributed by atoms with E-state index < -0.39 is 0 Å². The Bertz CT molecular complexity index is 652. The van der Waals surface area contributed by atoms with Crippen molar-refractivity contribution in [2.75, 3.05) is 38.7 Å². The van der Waals surface area contributed by atoms with Crippen LogP contribution in [0, 0.1) is 0 Å². The minimum absolute atomic E-state index is 0.114. The van der Waals surface area contributed by atoms with E-state index in [1.54, 1.807) is 24.1 Å². The molecular weight excluding hydrogens is 296 g/mol. The molecular formula is C16H18N4O3. The van der Waals surface area contributed by atoms with Crippen LogP contribution in [0.1, 0.15) is 10.5 Å². The first-order chi connectivity index (χ1) is 11.3. The number of carbonyl (C=O) groups excluding carboxylic acids is 1. The number of hydrogen-bond donors (Lipinski definition) is 1. The summed E-state index contributed by atoms with van der Waals surface area (Å²) in [6.07, 6.45) is 0. The number of amides is 1. The number of carbonyl (C=O) groups is 1. The topological polar surface area (TPSA) is 76.6 Å². The van der Waals surface area contributed by atoms with Gasteiger partial charge in [-0.2, -0.15) is 0 Å². The minimum atomic E-state index is -0.114. The Kier molecular flexibility index (Phi) is 4.68. The average molecular weight is 314 g/mol. The summed E-state index contributed by atoms with van der Waals surface area (Å²) in [5, 5.41) is 11.2. The van der Waals surface area contributed by atoms with Crippen LogP contribution >= 0.6 is 0 Å². The molecule has 0 spiro atoms. The zero-order chi connectivity index (χ0) is 16.1. The van der Waals surface area contributed by atoms with Crippen molar-refractivity contribution in [3.05, 3.63) is 42.1 Å². The standard InChI is InChI=1S/C16H18N4O3/c1-22-13-4-2-12(3-5-13)17-15-7-6-14(18-19-15)16(21)20-8-10-23-11-9-20/h2-7H,8-11H2,1H3,(H,17,19). The number of anilines is 2. The number of morpholine rings is 1. The van der Waals surface area contributed by atoms with Gasteiger partial charge < -0.3 is 19.7 Å². The minimum Gasteiger partial charge on any atom is -0.497 e. The molecule has 0 aliphatic carbocycles. The van der Waals surface area contributed by atoms with Gasteiger partial charge in [0, 0.05) is 18.8 Å². The third-order valence-corrected chi connectivity index (χ3v) is 3.54. The molecule has 0 bridgehead atoms. The maximum atomic E-state index is 12.3. The summed E-state index contributed by atoms with van der Waals surface area (Å²) >= 11 is 0. The van der Waals surface area contributed by atoms with Crippen LogP contribution in [0.15, 0.2) is 36.4 Å². The summed E-state index contributed by atoms with van der Waals surface area (Å²) < 4.78 is 10.4. The molecule has 1 aliphatic rings. The summed E-state index contributed by atoms with van der Waals surface area (Å²) in [7, 11) is 1.62. The predicted octanol–water partition coefficient (Wildman–Crippen LogP) is 1.70. The lowest BCUT2D eigenvalue weighted by molar-refractivity contribution is 0.0298. The van der Waals surface area contributed by atoms with Gasteiger partial charge in [-0.15, -0.1) is 10.2 Å². The zero-order valence-corrected chi connectivity index (χ0v) is 12.9. The summed E-state index contributed by atoms with van der Waals surface area (Å²) in [6, 6.07) is 10.9. The number of rotatable bonds is 4. The number of methoxy groups -OCH3 is 1. The molecule has 2 aromatic rings. The van der Waals surface area contributed by atoms with Crippen LogP contribution in [0.4, 0.5) is 11.5 Å². The van der Waals surface area contributed by atoms with E-state index in [1.165, 1.54) is 0 Å². The first-order valence-corrected chi connectivity index (χ1v) is 7.38. The van der Waals surface area contributed by atoms with Crippen LogP contribution in [-0.4, -0.2) is 54.4 Å². The van der Waals surface area contributed by atoms with Crippen molar-refractivity contribution >= 4 is 17.4 Å². The normalized spacial score (nSPS) is 14.4. The molecule has 1 amide bonds. The van der Waals surface area contributed by atoms with Crippen molar-refractivity contribution in [2.24, 2.45) is 0 Å². The molecule has 1 aromatic heterocycles. The molecule has 23 heavy (non-hydrogen) atoms. The van der Waals surface area contributed by atoms with Crippen molar-refractivity contribution in [2.45, 2.75) is 0 Å². The van der Waals surface area contributed by atoms with E-state index in [9.17, 15) is 4.79 Å². The van der Waals surface area contributed by atoms with E-state index in [1.807, 2.05) is 24.3 Å². The highest BCUT2D eigenvalue weighted by atomic mass is 16.5. The molecule has 3 rings (SSSR count). The highest BCUT2D eigenvalue weighted by Gasteiger charge is 2.19. The van der Waals surface area contributed by atoms with Crippen LogP contribution < -0.4 is 10.1 Å². The Hall–Kier alpha value is -2.67. The van der Waals surface area contributed by atoms with Gasteiger partial charge in [-0.05, 0) is 36.4 Å². The largest absolute Gasteiger partial charge is 0.497 e. The summed E-state index contributed by atoms with van der Waals surface area (Å²) in [4.78, 5) is 14.0. The van der Waals surface area contributed by atoms with Gasteiger partial charge in [0.15, 0.2) is 11.5 Å². The van der Waals surface area contributed by atoms with Crippen molar-refractivity contribution in [1.82, 2.24) is 15.1 Å². The van der Waals surface area contributed by atoms with E-state index in [-0.39, 0.29) is 5.91 Å². The summed E-state index contributed by atoms with van der Waals surface area (Å²) in [5.41, 5.74) is 1.21. The zero-order valence-electron chi connectivity index (χ0n) is 12.9. The fourth-order valence-electron chi connectivity index (χ4n) is 2.26. The molecule has 120 valence electrons. The van der Waals surface area contributed by atoms with E-state index in [0.717, 1.165) is 11.4 Å². The fourth-order valence-corrected chi connectivity index (χ4v) is 2.26. The van der Waals surface area contributed by atoms with E-state index in [0.29, 0.717) is 37.8 Å². The van der Waals surface area contributed by atoms with Gasteiger partial charge in [-0.3, -0.25) is 4.79 Å². The van der Waals surface area contributed by atoms with E-state index in [2.05, 4.69) is 15.5 Å². The molecule has 1 N–H and O–H groups in total. The van der Waals surface area contributed by atoms with E-state index in [4.69, 9.17) is 9.47 Å². The van der Waals surface area contributed by atoms with Crippen LogP contribution in [0.5, 0.6) is 5.75 Å². The Morgan fingerprint density at radius 2 is 1.87 bits per heavy atom. The van der Waals surface area contributed by atoms with Gasteiger partial charge in [0.2, 0.25) is 0 Å². The maximum Gasteiger partial charge on any atom is 0.274 e. The first-order valence-electron chi connectivity index (χ1n) is 7.38. The number of nitrogens with one attached hydrogen (secondary N) is 1. The monoisotopic (exact) mass is 314 g/mol. The predicted molar refractivity (Wildman–Crippen MR) is 85.0 cm³/mol. The van der Waals surface area contributed by atoms with Gasteiger partial charge in [0.1, 0.15) is 5.75 Å². The Balaban J connectivity index is 1.65. The summed E-state index contributed by atoms with van der Waals surface area (Å²) in [6.45, 7) is 2.31. The molecule has 1 aromatic carbocycles. The molecule has 0 radical (unpaired) electrons. The molecule has 1 fully saturated rings. The molecule has 7 heteroatoms. The lowest BCUT2D eigenvalue weighted by atomic mass is 10.3. The third-order valence-electron chi connectivity index (χ3n) is 3.54. The second-order valence-corrected chi connectivity index (χ2v) is 5.06. The Morgan fingerprint density at radius 3 is 2.48 bits per heavy atom. The highest BCUT2D eigenvalue weighted by molar-refractivity contribution is 5.92. The number of ether oxygens (including phenoxy) is 2. The molecule has 0 unspecified atom stereocenters. The van der Waals surface area contributed by atoms with Crippen molar-refractivity contribution in [1.29, 1.82) is 0 Å². The van der Waals surface area contributed by atoms with Crippen molar-refractivity contribution < 1.29 is 14.3 Å². The number of benzene rings is 1.